The van der Waals surface area contributed by atoms with Crippen molar-refractivity contribution in [3.8, 4) is 0 Å². The number of phosphoric acid groups is 2. The second-order valence-corrected chi connectivity index (χ2v) is 27.7. The van der Waals surface area contributed by atoms with Gasteiger partial charge in [0, 0.05) is 25.7 Å². The fourth-order valence-electron chi connectivity index (χ4n) is 9.77. The summed E-state index contributed by atoms with van der Waals surface area (Å²) in [5.74, 6) is 0.108. The zero-order valence-corrected chi connectivity index (χ0v) is 56.9. The first-order valence-electron chi connectivity index (χ1n) is 34.4. The van der Waals surface area contributed by atoms with Crippen molar-refractivity contribution in [1.82, 2.24) is 0 Å². The number of carbonyl (C=O) groups excluding carboxylic acids is 4. The maximum Gasteiger partial charge on any atom is 0.472 e. The molecule has 0 amide bonds. The molecule has 0 aliphatic rings. The van der Waals surface area contributed by atoms with Crippen molar-refractivity contribution in [3.05, 3.63) is 0 Å². The number of aliphatic hydroxyl groups excluding tert-OH is 1. The third kappa shape index (κ3) is 58.2. The van der Waals surface area contributed by atoms with E-state index in [1.807, 2.05) is 0 Å². The van der Waals surface area contributed by atoms with Crippen LogP contribution in [-0.2, 0) is 65.4 Å². The van der Waals surface area contributed by atoms with Gasteiger partial charge >= 0.3 is 39.5 Å². The van der Waals surface area contributed by atoms with Gasteiger partial charge in [0.2, 0.25) is 0 Å². The van der Waals surface area contributed by atoms with E-state index in [0.717, 1.165) is 120 Å². The third-order valence-electron chi connectivity index (χ3n) is 15.9. The van der Waals surface area contributed by atoms with Crippen LogP contribution in [-0.4, -0.2) is 96.7 Å². The van der Waals surface area contributed by atoms with Crippen molar-refractivity contribution in [2.75, 3.05) is 39.6 Å². The Balaban J connectivity index is 5.21. The topological polar surface area (TPSA) is 237 Å². The Bertz CT molecular complexity index is 1690. The van der Waals surface area contributed by atoms with E-state index >= 15 is 0 Å². The Morgan fingerprint density at radius 2 is 0.600 bits per heavy atom. The predicted molar refractivity (Wildman–Crippen MR) is 340 cm³/mol. The molecule has 0 saturated carbocycles. The van der Waals surface area contributed by atoms with Crippen molar-refractivity contribution in [3.63, 3.8) is 0 Å². The summed E-state index contributed by atoms with van der Waals surface area (Å²) in [6, 6.07) is 0. The zero-order valence-electron chi connectivity index (χ0n) is 55.1. The van der Waals surface area contributed by atoms with Gasteiger partial charge in [0.05, 0.1) is 26.4 Å². The number of carbonyl (C=O) groups is 4. The number of ether oxygens (including phenoxy) is 4. The Hall–Kier alpha value is -1.94. The fraction of sp³-hybridized carbons (Fsp3) is 0.939. The summed E-state index contributed by atoms with van der Waals surface area (Å²) in [5.41, 5.74) is 0. The molecule has 0 fully saturated rings. The molecule has 0 aromatic rings. The van der Waals surface area contributed by atoms with E-state index in [2.05, 4.69) is 48.5 Å². The molecule has 504 valence electrons. The lowest BCUT2D eigenvalue weighted by Gasteiger charge is -2.21. The van der Waals surface area contributed by atoms with Crippen LogP contribution in [0, 0.1) is 17.8 Å². The average Bonchev–Trinajstić information content (AvgIpc) is 3.62. The minimum absolute atomic E-state index is 0.102. The van der Waals surface area contributed by atoms with Crippen LogP contribution in [0.3, 0.4) is 0 Å². The van der Waals surface area contributed by atoms with Crippen molar-refractivity contribution >= 4 is 39.5 Å². The van der Waals surface area contributed by atoms with Crippen LogP contribution in [0.2, 0.25) is 0 Å². The van der Waals surface area contributed by atoms with E-state index in [9.17, 15) is 43.2 Å². The number of esters is 4. The first kappa shape index (κ1) is 83.1. The lowest BCUT2D eigenvalue weighted by Crippen LogP contribution is -2.30. The summed E-state index contributed by atoms with van der Waals surface area (Å²) in [5, 5.41) is 10.5. The summed E-state index contributed by atoms with van der Waals surface area (Å²) in [4.78, 5) is 72.2. The van der Waals surface area contributed by atoms with Gasteiger partial charge in [-0.1, -0.05) is 273 Å². The molecule has 0 radical (unpaired) electrons. The maximum atomic E-state index is 13.0. The van der Waals surface area contributed by atoms with Gasteiger partial charge in [0.15, 0.2) is 12.2 Å². The largest absolute Gasteiger partial charge is 0.472 e. The highest BCUT2D eigenvalue weighted by atomic mass is 31.2. The molecule has 85 heavy (non-hydrogen) atoms. The third-order valence-corrected chi connectivity index (χ3v) is 17.8. The molecule has 19 heteroatoms. The average molecular weight is 1260 g/mol. The summed E-state index contributed by atoms with van der Waals surface area (Å²) >= 11 is 0. The van der Waals surface area contributed by atoms with Gasteiger partial charge in [-0.25, -0.2) is 9.13 Å². The monoisotopic (exact) mass is 1250 g/mol. The van der Waals surface area contributed by atoms with Crippen molar-refractivity contribution in [2.45, 2.75) is 343 Å². The molecular formula is C66H128O17P2. The SMILES string of the molecule is CCCCCCCCCCC(=O)OC[C@H](COP(=O)(O)OC[C@H](O)COP(=O)(O)OC[C@@H](COC(=O)CCCCCCCCC(C)CC)OC(=O)CCCCCCCCCCCCCCCCC(C)C)OC(=O)CCCCCCCCC(C)CC. The van der Waals surface area contributed by atoms with E-state index < -0.39 is 97.5 Å². The molecule has 0 heterocycles. The van der Waals surface area contributed by atoms with Crippen molar-refractivity contribution in [2.24, 2.45) is 17.8 Å². The lowest BCUT2D eigenvalue weighted by molar-refractivity contribution is -0.161. The maximum absolute atomic E-state index is 13.0. The van der Waals surface area contributed by atoms with Gasteiger partial charge in [-0.2, -0.15) is 0 Å². The minimum atomic E-state index is -4.95. The van der Waals surface area contributed by atoms with Crippen LogP contribution in [0.4, 0.5) is 0 Å². The highest BCUT2D eigenvalue weighted by Crippen LogP contribution is 2.45. The van der Waals surface area contributed by atoms with E-state index in [4.69, 9.17) is 37.0 Å². The van der Waals surface area contributed by atoms with Crippen LogP contribution < -0.4 is 0 Å². The minimum Gasteiger partial charge on any atom is -0.462 e. The summed E-state index contributed by atoms with van der Waals surface area (Å²) < 4.78 is 68.0. The molecule has 7 atom stereocenters. The normalized spacial score (nSPS) is 15.0. The van der Waals surface area contributed by atoms with E-state index in [1.54, 1.807) is 0 Å². The van der Waals surface area contributed by atoms with Crippen LogP contribution in [0.5, 0.6) is 0 Å². The molecule has 0 aliphatic carbocycles. The first-order chi connectivity index (χ1) is 40.8. The van der Waals surface area contributed by atoms with Crippen molar-refractivity contribution < 1.29 is 80.2 Å². The second-order valence-electron chi connectivity index (χ2n) is 24.8. The molecule has 3 N–H and O–H groups in total. The molecule has 0 spiro atoms. The summed E-state index contributed by atoms with van der Waals surface area (Å²) in [6.07, 6.45) is 39.1. The Morgan fingerprint density at radius 1 is 0.341 bits per heavy atom. The predicted octanol–water partition coefficient (Wildman–Crippen LogP) is 18.3. The molecule has 0 aliphatic heterocycles. The van der Waals surface area contributed by atoms with Crippen molar-refractivity contribution in [1.29, 1.82) is 0 Å². The number of phosphoric ester groups is 2. The van der Waals surface area contributed by atoms with Gasteiger partial charge in [-0.15, -0.1) is 0 Å². The number of hydrogen-bond acceptors (Lipinski definition) is 15. The van der Waals surface area contributed by atoms with Crippen LogP contribution in [0.15, 0.2) is 0 Å². The number of hydrogen-bond donors (Lipinski definition) is 3. The Kier molecular flexibility index (Phi) is 55.9. The highest BCUT2D eigenvalue weighted by molar-refractivity contribution is 7.47. The molecule has 0 saturated heterocycles. The molecule has 17 nitrogen and oxygen atoms in total. The quantitative estimate of drug-likeness (QED) is 0.0222. The van der Waals surface area contributed by atoms with E-state index in [1.165, 1.54) is 122 Å². The smallest absolute Gasteiger partial charge is 0.462 e. The number of unbranched alkanes of at least 4 members (excludes halogenated alkanes) is 30. The summed E-state index contributed by atoms with van der Waals surface area (Å²) in [7, 11) is -9.89. The van der Waals surface area contributed by atoms with Gasteiger partial charge in [-0.05, 0) is 43.4 Å². The highest BCUT2D eigenvalue weighted by Gasteiger charge is 2.30. The second kappa shape index (κ2) is 57.2. The lowest BCUT2D eigenvalue weighted by atomic mass is 10.00. The fourth-order valence-corrected chi connectivity index (χ4v) is 11.3. The van der Waals surface area contributed by atoms with Gasteiger partial charge in [0.25, 0.3) is 0 Å². The Morgan fingerprint density at radius 3 is 0.894 bits per heavy atom. The molecule has 0 bridgehead atoms. The number of rotatable bonds is 64. The zero-order chi connectivity index (χ0) is 63.1. The Labute approximate surface area is 517 Å². The molecule has 0 aromatic heterocycles. The summed E-state index contributed by atoms with van der Waals surface area (Å²) in [6.45, 7) is 11.7. The van der Waals surface area contributed by atoms with Gasteiger partial charge in [0.1, 0.15) is 19.3 Å². The van der Waals surface area contributed by atoms with Crippen LogP contribution in [0.1, 0.15) is 325 Å². The van der Waals surface area contributed by atoms with Gasteiger partial charge in [-0.3, -0.25) is 37.3 Å². The van der Waals surface area contributed by atoms with Crippen LogP contribution >= 0.6 is 15.6 Å². The van der Waals surface area contributed by atoms with E-state index in [-0.39, 0.29) is 25.7 Å². The van der Waals surface area contributed by atoms with Gasteiger partial charge < -0.3 is 33.8 Å². The molecule has 0 aromatic carbocycles. The molecular weight excluding hydrogens is 1130 g/mol. The first-order valence-corrected chi connectivity index (χ1v) is 37.4. The standard InChI is InChI=1S/C66H128O17P2/c1-8-11-12-13-14-24-33-40-47-63(68)76-53-62(83-66(71)50-43-36-29-27-32-39-46-59(7)10-3)56-81-85(74,75)79-52-60(67)51-78-84(72,73)80-55-61(54-77-64(69)48-41-34-28-26-31-38-45-58(6)9-2)82-65(70)49-42-35-25-22-20-18-16-15-17-19-21-23-30-37-44-57(4)5/h57-62,67H,8-56H2,1-7H3,(H,72,73)(H,74,75)/t58?,59?,60-,61-,62-/m1/s1. The number of aliphatic hydroxyl groups is 1. The molecule has 0 rings (SSSR count). The van der Waals surface area contributed by atoms with Crippen LogP contribution in [0.25, 0.3) is 0 Å². The molecule has 4 unspecified atom stereocenters. The van der Waals surface area contributed by atoms with E-state index in [0.29, 0.717) is 25.7 Å².